The summed E-state index contributed by atoms with van der Waals surface area (Å²) in [5, 5.41) is 2.94. The summed E-state index contributed by atoms with van der Waals surface area (Å²) in [4.78, 5) is 23.7. The first kappa shape index (κ1) is 17.5. The lowest BCUT2D eigenvalue weighted by molar-refractivity contribution is 0.0996. The number of para-hydroxylation sites is 1. The number of benzene rings is 3. The van der Waals surface area contributed by atoms with E-state index in [0.29, 0.717) is 22.7 Å². The van der Waals surface area contributed by atoms with Gasteiger partial charge in [0.25, 0.3) is 5.91 Å². The van der Waals surface area contributed by atoms with Crippen molar-refractivity contribution in [1.82, 2.24) is 0 Å². The second-order valence-electron chi connectivity index (χ2n) is 5.45. The highest BCUT2D eigenvalue weighted by Gasteiger charge is 2.11. The van der Waals surface area contributed by atoms with Crippen LogP contribution in [0.3, 0.4) is 0 Å². The fourth-order valence-electron chi connectivity index (χ4n) is 2.29. The first-order chi connectivity index (χ1) is 12.5. The number of halogens is 1. The third kappa shape index (κ3) is 4.20. The number of carbonyl (C=O) groups is 2. The zero-order chi connectivity index (χ0) is 18.5. The number of hydrogen-bond acceptors (Lipinski definition) is 3. The highest BCUT2D eigenvalue weighted by Crippen LogP contribution is 2.23. The molecule has 3 aromatic carbocycles. The molecule has 130 valence electrons. The molecule has 0 saturated heterocycles. The summed E-state index contributed by atoms with van der Waals surface area (Å²) in [6.45, 7) is 0. The molecule has 3 N–H and O–H groups in total. The summed E-state index contributed by atoms with van der Waals surface area (Å²) in [6, 6.07) is 20.6. The van der Waals surface area contributed by atoms with Crippen molar-refractivity contribution in [3.05, 3.63) is 88.9 Å². The van der Waals surface area contributed by atoms with Crippen molar-refractivity contribution < 1.29 is 14.3 Å². The molecule has 0 aromatic heterocycles. The monoisotopic (exact) mass is 366 g/mol. The van der Waals surface area contributed by atoms with Crippen LogP contribution in [0.5, 0.6) is 11.5 Å². The van der Waals surface area contributed by atoms with Gasteiger partial charge in [-0.05, 0) is 54.6 Å². The minimum absolute atomic E-state index is 0.149. The quantitative estimate of drug-likeness (QED) is 0.698. The molecular formula is C20H15ClN2O3. The van der Waals surface area contributed by atoms with Crippen LogP contribution in [-0.4, -0.2) is 11.8 Å². The lowest BCUT2D eigenvalue weighted by Gasteiger charge is -2.09. The van der Waals surface area contributed by atoms with Crippen molar-refractivity contribution in [2.24, 2.45) is 5.73 Å². The van der Waals surface area contributed by atoms with Crippen LogP contribution in [-0.2, 0) is 0 Å². The maximum Gasteiger partial charge on any atom is 0.255 e. The number of anilines is 1. The number of rotatable bonds is 5. The molecule has 3 aromatic rings. The van der Waals surface area contributed by atoms with E-state index in [1.807, 2.05) is 30.3 Å². The van der Waals surface area contributed by atoms with Crippen LogP contribution in [0.4, 0.5) is 5.69 Å². The van der Waals surface area contributed by atoms with Gasteiger partial charge in [0.2, 0.25) is 5.91 Å². The van der Waals surface area contributed by atoms with E-state index in [4.69, 9.17) is 22.1 Å². The first-order valence-corrected chi connectivity index (χ1v) is 8.14. The fraction of sp³-hybridized carbons (Fsp3) is 0. The second-order valence-corrected chi connectivity index (χ2v) is 5.86. The number of nitrogens with one attached hydrogen (secondary N) is 1. The zero-order valence-electron chi connectivity index (χ0n) is 13.6. The van der Waals surface area contributed by atoms with Gasteiger partial charge in [0.05, 0.1) is 10.6 Å². The maximum atomic E-state index is 12.3. The van der Waals surface area contributed by atoms with E-state index in [0.717, 1.165) is 0 Å². The second kappa shape index (κ2) is 7.72. The van der Waals surface area contributed by atoms with Crippen molar-refractivity contribution in [2.45, 2.75) is 0 Å². The molecule has 0 radical (unpaired) electrons. The molecule has 2 amide bonds. The van der Waals surface area contributed by atoms with Gasteiger partial charge in [-0.15, -0.1) is 0 Å². The highest BCUT2D eigenvalue weighted by molar-refractivity contribution is 6.34. The summed E-state index contributed by atoms with van der Waals surface area (Å²) in [5.74, 6) is 0.350. The molecule has 26 heavy (non-hydrogen) atoms. The van der Waals surface area contributed by atoms with Crippen LogP contribution in [0.2, 0.25) is 5.02 Å². The average Bonchev–Trinajstić information content (AvgIpc) is 2.64. The summed E-state index contributed by atoms with van der Waals surface area (Å²) in [7, 11) is 0. The minimum atomic E-state index is -0.659. The predicted octanol–water partition coefficient (Wildman–Crippen LogP) is 4.48. The molecule has 0 saturated carbocycles. The normalized spacial score (nSPS) is 10.2. The Bertz CT molecular complexity index is 941. The van der Waals surface area contributed by atoms with Crippen molar-refractivity contribution >= 4 is 29.1 Å². The summed E-state index contributed by atoms with van der Waals surface area (Å²) >= 11 is 5.90. The van der Waals surface area contributed by atoms with E-state index in [2.05, 4.69) is 5.32 Å². The average molecular weight is 367 g/mol. The van der Waals surface area contributed by atoms with E-state index in [-0.39, 0.29) is 16.5 Å². The Balaban J connectivity index is 1.70. The van der Waals surface area contributed by atoms with Gasteiger partial charge in [-0.1, -0.05) is 29.8 Å². The Kier molecular flexibility index (Phi) is 5.20. The minimum Gasteiger partial charge on any atom is -0.457 e. The van der Waals surface area contributed by atoms with Gasteiger partial charge in [0.15, 0.2) is 0 Å². The fourth-order valence-corrected chi connectivity index (χ4v) is 2.50. The van der Waals surface area contributed by atoms with Crippen molar-refractivity contribution in [3.63, 3.8) is 0 Å². The van der Waals surface area contributed by atoms with Crippen molar-refractivity contribution in [2.75, 3.05) is 5.32 Å². The molecule has 0 unspecified atom stereocenters. The maximum absolute atomic E-state index is 12.3. The molecule has 0 aliphatic rings. The largest absolute Gasteiger partial charge is 0.457 e. The van der Waals surface area contributed by atoms with Gasteiger partial charge in [-0.25, -0.2) is 0 Å². The van der Waals surface area contributed by atoms with E-state index in [1.165, 1.54) is 12.1 Å². The summed E-state index contributed by atoms with van der Waals surface area (Å²) in [5.41, 5.74) is 6.28. The van der Waals surface area contributed by atoms with Crippen LogP contribution in [0.1, 0.15) is 20.7 Å². The Morgan fingerprint density at radius 3 is 2.19 bits per heavy atom. The highest BCUT2D eigenvalue weighted by atomic mass is 35.5. The molecular weight excluding hydrogens is 352 g/mol. The molecule has 0 fully saturated rings. The van der Waals surface area contributed by atoms with Crippen LogP contribution >= 0.6 is 11.6 Å². The van der Waals surface area contributed by atoms with Gasteiger partial charge in [-0.2, -0.15) is 0 Å². The Hall–Kier alpha value is -3.31. The Morgan fingerprint density at radius 2 is 1.54 bits per heavy atom. The molecule has 0 bridgehead atoms. The van der Waals surface area contributed by atoms with Crippen molar-refractivity contribution in [1.29, 1.82) is 0 Å². The van der Waals surface area contributed by atoms with E-state index in [1.54, 1.807) is 30.3 Å². The number of nitrogens with two attached hydrogens (primary N) is 1. The van der Waals surface area contributed by atoms with Crippen LogP contribution < -0.4 is 15.8 Å². The van der Waals surface area contributed by atoms with Gasteiger partial charge in [0.1, 0.15) is 11.5 Å². The summed E-state index contributed by atoms with van der Waals surface area (Å²) < 4.78 is 5.69. The Morgan fingerprint density at radius 1 is 0.885 bits per heavy atom. The molecule has 0 heterocycles. The standard InChI is InChI=1S/C20H15ClN2O3/c21-18-11-8-14(12-17(18)19(22)24)23-20(25)13-6-9-16(10-7-13)26-15-4-2-1-3-5-15/h1-12H,(H2,22,24)(H,23,25). The third-order valence-electron chi connectivity index (χ3n) is 3.59. The number of hydrogen-bond donors (Lipinski definition) is 2. The van der Waals surface area contributed by atoms with E-state index in [9.17, 15) is 9.59 Å². The molecule has 0 atom stereocenters. The van der Waals surface area contributed by atoms with Crippen molar-refractivity contribution in [3.8, 4) is 11.5 Å². The summed E-state index contributed by atoms with van der Waals surface area (Å²) in [6.07, 6.45) is 0. The molecule has 0 aliphatic carbocycles. The molecule has 5 nitrogen and oxygen atoms in total. The van der Waals surface area contributed by atoms with Crippen LogP contribution in [0.15, 0.2) is 72.8 Å². The lowest BCUT2D eigenvalue weighted by atomic mass is 10.1. The smallest absolute Gasteiger partial charge is 0.255 e. The number of ether oxygens (including phenoxy) is 1. The SMILES string of the molecule is NC(=O)c1cc(NC(=O)c2ccc(Oc3ccccc3)cc2)ccc1Cl. The number of amides is 2. The number of carbonyl (C=O) groups excluding carboxylic acids is 2. The van der Waals surface area contributed by atoms with Gasteiger partial charge < -0.3 is 15.8 Å². The van der Waals surface area contributed by atoms with Gasteiger partial charge >= 0.3 is 0 Å². The van der Waals surface area contributed by atoms with E-state index >= 15 is 0 Å². The number of primary amides is 1. The Labute approximate surface area is 155 Å². The molecule has 0 spiro atoms. The topological polar surface area (TPSA) is 81.4 Å². The third-order valence-corrected chi connectivity index (χ3v) is 3.91. The lowest BCUT2D eigenvalue weighted by Crippen LogP contribution is -2.15. The molecule has 3 rings (SSSR count). The molecule has 0 aliphatic heterocycles. The molecule has 6 heteroatoms. The van der Waals surface area contributed by atoms with Crippen LogP contribution in [0.25, 0.3) is 0 Å². The van der Waals surface area contributed by atoms with E-state index < -0.39 is 5.91 Å². The predicted molar refractivity (Wildman–Crippen MR) is 101 cm³/mol. The van der Waals surface area contributed by atoms with Gasteiger partial charge in [-0.3, -0.25) is 9.59 Å². The first-order valence-electron chi connectivity index (χ1n) is 7.76. The van der Waals surface area contributed by atoms with Crippen LogP contribution in [0, 0.1) is 0 Å². The van der Waals surface area contributed by atoms with Gasteiger partial charge in [0, 0.05) is 11.3 Å². The zero-order valence-corrected chi connectivity index (χ0v) is 14.4.